The van der Waals surface area contributed by atoms with E-state index in [1.807, 2.05) is 0 Å². The fraction of sp³-hybridized carbons (Fsp3) is 0.533. The highest BCUT2D eigenvalue weighted by molar-refractivity contribution is 6.00. The van der Waals surface area contributed by atoms with Gasteiger partial charge in [-0.25, -0.2) is 0 Å². The lowest BCUT2D eigenvalue weighted by molar-refractivity contribution is 0.608. The van der Waals surface area contributed by atoms with E-state index in [9.17, 15) is 0 Å². The van der Waals surface area contributed by atoms with Crippen molar-refractivity contribution in [3.05, 3.63) is 59.7 Å². The topological polar surface area (TPSA) is 0 Å². The van der Waals surface area contributed by atoms with Gasteiger partial charge in [-0.15, -0.1) is 0 Å². The molecule has 0 fully saturated rings. The maximum atomic E-state index is 2.50. The third kappa shape index (κ3) is 6.59. The molecule has 0 aliphatic rings. The van der Waals surface area contributed by atoms with E-state index in [1.54, 1.807) is 11.1 Å². The van der Waals surface area contributed by atoms with Crippen molar-refractivity contribution >= 4 is 21.5 Å². The van der Waals surface area contributed by atoms with Crippen LogP contribution in [0.4, 0.5) is 0 Å². The van der Waals surface area contributed by atoms with Crippen molar-refractivity contribution in [3.8, 4) is 0 Å². The molecule has 30 heavy (non-hydrogen) atoms. The maximum Gasteiger partial charge on any atom is -0.0145 e. The van der Waals surface area contributed by atoms with Crippen molar-refractivity contribution in [1.29, 1.82) is 0 Å². The van der Waals surface area contributed by atoms with Crippen LogP contribution in [-0.4, -0.2) is 0 Å². The molecule has 0 bridgehead atoms. The number of benzene rings is 3. The van der Waals surface area contributed by atoms with Gasteiger partial charge in [-0.2, -0.15) is 0 Å². The molecule has 0 N–H and O–H groups in total. The van der Waals surface area contributed by atoms with Gasteiger partial charge in [-0.05, 0) is 70.5 Å². The first-order chi connectivity index (χ1) is 14.8. The molecule has 162 valence electrons. The SMILES string of the molecule is CCCCCCCCc1cccc2cc3cccc(CCCCCCCC)c3cc12. The van der Waals surface area contributed by atoms with Gasteiger partial charge >= 0.3 is 0 Å². The van der Waals surface area contributed by atoms with Crippen LogP contribution in [-0.2, 0) is 12.8 Å². The van der Waals surface area contributed by atoms with Crippen LogP contribution in [0, 0.1) is 0 Å². The normalized spacial score (nSPS) is 11.5. The fourth-order valence-corrected chi connectivity index (χ4v) is 4.81. The second kappa shape index (κ2) is 12.8. The Hall–Kier alpha value is -1.82. The van der Waals surface area contributed by atoms with Crippen molar-refractivity contribution in [2.75, 3.05) is 0 Å². The van der Waals surface area contributed by atoms with Gasteiger partial charge in [0.05, 0.1) is 0 Å². The van der Waals surface area contributed by atoms with E-state index in [0.29, 0.717) is 0 Å². The average Bonchev–Trinajstić information content (AvgIpc) is 2.77. The number of hydrogen-bond acceptors (Lipinski definition) is 0. The van der Waals surface area contributed by atoms with Crippen molar-refractivity contribution in [2.24, 2.45) is 0 Å². The first-order valence-electron chi connectivity index (χ1n) is 12.8. The number of unbranched alkanes of at least 4 members (excludes halogenated alkanes) is 10. The molecular weight excluding hydrogens is 360 g/mol. The van der Waals surface area contributed by atoms with Gasteiger partial charge in [-0.3, -0.25) is 0 Å². The Morgan fingerprint density at radius 3 is 1.37 bits per heavy atom. The Kier molecular flexibility index (Phi) is 9.74. The molecule has 0 unspecified atom stereocenters. The van der Waals surface area contributed by atoms with E-state index in [0.717, 1.165) is 0 Å². The van der Waals surface area contributed by atoms with Crippen LogP contribution in [0.1, 0.15) is 102 Å². The van der Waals surface area contributed by atoms with Gasteiger partial charge in [0.2, 0.25) is 0 Å². The van der Waals surface area contributed by atoms with Crippen LogP contribution in [0.2, 0.25) is 0 Å². The van der Waals surface area contributed by atoms with Gasteiger partial charge in [0.15, 0.2) is 0 Å². The van der Waals surface area contributed by atoms with Gasteiger partial charge in [0.25, 0.3) is 0 Å². The molecule has 0 aliphatic heterocycles. The molecule has 0 nitrogen and oxygen atoms in total. The summed E-state index contributed by atoms with van der Waals surface area (Å²) >= 11 is 0. The van der Waals surface area contributed by atoms with Gasteiger partial charge in [0, 0.05) is 0 Å². The molecule has 0 atom stereocenters. The van der Waals surface area contributed by atoms with E-state index < -0.39 is 0 Å². The summed E-state index contributed by atoms with van der Waals surface area (Å²) in [5.41, 5.74) is 3.08. The smallest absolute Gasteiger partial charge is 0.0145 e. The Morgan fingerprint density at radius 2 is 0.900 bits per heavy atom. The predicted molar refractivity (Wildman–Crippen MR) is 136 cm³/mol. The number of fused-ring (bicyclic) bond motifs is 2. The quantitative estimate of drug-likeness (QED) is 0.186. The molecule has 0 aliphatic carbocycles. The summed E-state index contributed by atoms with van der Waals surface area (Å²) in [5, 5.41) is 5.77. The Morgan fingerprint density at radius 1 is 0.467 bits per heavy atom. The molecule has 0 saturated carbocycles. The Bertz CT molecular complexity index is 818. The second-order valence-corrected chi connectivity index (χ2v) is 9.16. The molecule has 0 saturated heterocycles. The molecule has 3 rings (SSSR count). The van der Waals surface area contributed by atoms with E-state index in [2.05, 4.69) is 62.4 Å². The van der Waals surface area contributed by atoms with Crippen LogP contribution in [0.5, 0.6) is 0 Å². The summed E-state index contributed by atoms with van der Waals surface area (Å²) < 4.78 is 0. The van der Waals surface area contributed by atoms with E-state index >= 15 is 0 Å². The van der Waals surface area contributed by atoms with Crippen molar-refractivity contribution in [2.45, 2.75) is 104 Å². The summed E-state index contributed by atoms with van der Waals surface area (Å²) in [6.07, 6.45) is 18.8. The second-order valence-electron chi connectivity index (χ2n) is 9.16. The molecule has 0 heteroatoms. The molecule has 3 aromatic rings. The summed E-state index contributed by atoms with van der Waals surface area (Å²) in [5.74, 6) is 0. The van der Waals surface area contributed by atoms with Gasteiger partial charge in [0.1, 0.15) is 0 Å². The molecule has 0 aromatic heterocycles. The lowest BCUT2D eigenvalue weighted by Crippen LogP contribution is -1.92. The minimum absolute atomic E-state index is 1.22. The predicted octanol–water partition coefficient (Wildman–Crippen LogP) is 9.80. The third-order valence-corrected chi connectivity index (χ3v) is 6.66. The van der Waals surface area contributed by atoms with Gasteiger partial charge in [-0.1, -0.05) is 114 Å². The van der Waals surface area contributed by atoms with E-state index in [-0.39, 0.29) is 0 Å². The summed E-state index contributed by atoms with van der Waals surface area (Å²) in [6.45, 7) is 4.59. The minimum Gasteiger partial charge on any atom is -0.0654 e. The van der Waals surface area contributed by atoms with Gasteiger partial charge < -0.3 is 0 Å². The van der Waals surface area contributed by atoms with Crippen LogP contribution < -0.4 is 0 Å². The highest BCUT2D eigenvalue weighted by Gasteiger charge is 2.07. The molecule has 0 spiro atoms. The zero-order valence-electron chi connectivity index (χ0n) is 19.5. The highest BCUT2D eigenvalue weighted by atomic mass is 14.1. The zero-order valence-corrected chi connectivity index (χ0v) is 19.5. The monoisotopic (exact) mass is 402 g/mol. The molecule has 0 radical (unpaired) electrons. The molecule has 3 aromatic carbocycles. The molecule has 0 amide bonds. The fourth-order valence-electron chi connectivity index (χ4n) is 4.81. The average molecular weight is 403 g/mol. The summed E-state index contributed by atoms with van der Waals surface area (Å²) in [6, 6.07) is 18.7. The lowest BCUT2D eigenvalue weighted by atomic mass is 9.93. The minimum atomic E-state index is 1.22. The standard InChI is InChI=1S/C30H42/c1-3-5-7-9-11-13-17-25-19-15-21-27-23-28-22-16-20-26(30(28)24-29(25)27)18-14-12-10-8-6-4-2/h15-16,19-24H,3-14,17-18H2,1-2H3. The Balaban J connectivity index is 1.70. The van der Waals surface area contributed by atoms with E-state index in [1.165, 1.54) is 111 Å². The number of hydrogen-bond donors (Lipinski definition) is 0. The van der Waals surface area contributed by atoms with Crippen LogP contribution in [0.25, 0.3) is 21.5 Å². The molecular formula is C30H42. The lowest BCUT2D eigenvalue weighted by Gasteiger charge is -2.12. The van der Waals surface area contributed by atoms with Crippen LogP contribution >= 0.6 is 0 Å². The third-order valence-electron chi connectivity index (χ3n) is 6.66. The van der Waals surface area contributed by atoms with Crippen molar-refractivity contribution < 1.29 is 0 Å². The largest absolute Gasteiger partial charge is 0.0654 e. The first-order valence-corrected chi connectivity index (χ1v) is 12.8. The maximum absolute atomic E-state index is 2.50. The Labute approximate surface area is 185 Å². The van der Waals surface area contributed by atoms with Crippen molar-refractivity contribution in [3.63, 3.8) is 0 Å². The highest BCUT2D eigenvalue weighted by Crippen LogP contribution is 2.29. The van der Waals surface area contributed by atoms with E-state index in [4.69, 9.17) is 0 Å². The van der Waals surface area contributed by atoms with Crippen LogP contribution in [0.15, 0.2) is 48.5 Å². The zero-order chi connectivity index (χ0) is 21.0. The number of rotatable bonds is 14. The van der Waals surface area contributed by atoms with Crippen molar-refractivity contribution in [1.82, 2.24) is 0 Å². The first kappa shape index (κ1) is 22.9. The molecule has 0 heterocycles. The summed E-state index contributed by atoms with van der Waals surface area (Å²) in [4.78, 5) is 0. The number of aryl methyl sites for hydroxylation is 2. The summed E-state index contributed by atoms with van der Waals surface area (Å²) in [7, 11) is 0. The van der Waals surface area contributed by atoms with Crippen LogP contribution in [0.3, 0.4) is 0 Å².